The van der Waals surface area contributed by atoms with E-state index >= 15 is 0 Å². The van der Waals surface area contributed by atoms with Crippen LogP contribution in [0, 0.1) is 0 Å². The highest BCUT2D eigenvalue weighted by atomic mass is 16.7. The SMILES string of the molecule is COCCC1(c2nc(-c3ccc4c(c3)OCO4)no2)CCC1. The molecule has 2 heterocycles. The molecule has 0 atom stereocenters. The highest BCUT2D eigenvalue weighted by Gasteiger charge is 2.43. The first-order chi connectivity index (χ1) is 10.8. The van der Waals surface area contributed by atoms with Gasteiger partial charge >= 0.3 is 0 Å². The van der Waals surface area contributed by atoms with E-state index in [1.54, 1.807) is 7.11 Å². The van der Waals surface area contributed by atoms with Gasteiger partial charge < -0.3 is 18.7 Å². The molecule has 0 N–H and O–H groups in total. The summed E-state index contributed by atoms with van der Waals surface area (Å²) < 4.78 is 21.5. The van der Waals surface area contributed by atoms with Gasteiger partial charge in [0.15, 0.2) is 11.5 Å². The molecule has 1 fully saturated rings. The van der Waals surface area contributed by atoms with E-state index < -0.39 is 0 Å². The Morgan fingerprint density at radius 3 is 2.86 bits per heavy atom. The van der Waals surface area contributed by atoms with Crippen molar-refractivity contribution in [3.8, 4) is 22.9 Å². The lowest BCUT2D eigenvalue weighted by Gasteiger charge is -2.38. The van der Waals surface area contributed by atoms with Crippen molar-refractivity contribution in [1.82, 2.24) is 10.1 Å². The molecule has 0 saturated heterocycles. The summed E-state index contributed by atoms with van der Waals surface area (Å²) in [4.78, 5) is 4.62. The molecule has 0 amide bonds. The Kier molecular flexibility index (Phi) is 3.26. The van der Waals surface area contributed by atoms with Gasteiger partial charge in [0, 0.05) is 19.3 Å². The van der Waals surface area contributed by atoms with Crippen molar-refractivity contribution in [2.24, 2.45) is 0 Å². The van der Waals surface area contributed by atoms with Gasteiger partial charge in [0.2, 0.25) is 18.5 Å². The van der Waals surface area contributed by atoms with Gasteiger partial charge in [0.1, 0.15) is 0 Å². The summed E-state index contributed by atoms with van der Waals surface area (Å²) in [5.41, 5.74) is 0.873. The van der Waals surface area contributed by atoms with Crippen LogP contribution in [0.2, 0.25) is 0 Å². The zero-order valence-electron chi connectivity index (χ0n) is 12.5. The minimum Gasteiger partial charge on any atom is -0.454 e. The summed E-state index contributed by atoms with van der Waals surface area (Å²) in [6.45, 7) is 0.970. The molecule has 6 heteroatoms. The second-order valence-electron chi connectivity index (χ2n) is 5.87. The Morgan fingerprint density at radius 2 is 2.09 bits per heavy atom. The van der Waals surface area contributed by atoms with Crippen LogP contribution in [-0.4, -0.2) is 30.7 Å². The van der Waals surface area contributed by atoms with Gasteiger partial charge in [0.25, 0.3) is 0 Å². The van der Waals surface area contributed by atoms with Crippen molar-refractivity contribution in [3.63, 3.8) is 0 Å². The first kappa shape index (κ1) is 13.6. The van der Waals surface area contributed by atoms with Crippen LogP contribution in [-0.2, 0) is 10.2 Å². The summed E-state index contributed by atoms with van der Waals surface area (Å²) >= 11 is 0. The summed E-state index contributed by atoms with van der Waals surface area (Å²) in [6.07, 6.45) is 4.29. The van der Waals surface area contributed by atoms with Crippen molar-refractivity contribution in [3.05, 3.63) is 24.1 Å². The van der Waals surface area contributed by atoms with Crippen LogP contribution in [0.4, 0.5) is 0 Å². The molecule has 4 rings (SSSR count). The van der Waals surface area contributed by atoms with Crippen LogP contribution in [0.3, 0.4) is 0 Å². The van der Waals surface area contributed by atoms with Gasteiger partial charge in [-0.1, -0.05) is 11.6 Å². The standard InChI is InChI=1S/C16H18N2O4/c1-19-8-7-16(5-2-6-16)15-17-14(18-22-15)11-3-4-12-13(9-11)21-10-20-12/h3-4,9H,2,5-8,10H2,1H3. The Balaban J connectivity index is 1.61. The largest absolute Gasteiger partial charge is 0.454 e. The Hall–Kier alpha value is -2.08. The molecular formula is C16H18N2O4. The Labute approximate surface area is 128 Å². The fraction of sp³-hybridized carbons (Fsp3) is 0.500. The second kappa shape index (κ2) is 5.28. The van der Waals surface area contributed by atoms with Gasteiger partial charge in [-0.05, 0) is 37.5 Å². The molecule has 0 bridgehead atoms. The summed E-state index contributed by atoms with van der Waals surface area (Å²) in [6, 6.07) is 5.68. The van der Waals surface area contributed by atoms with Crippen molar-refractivity contribution < 1.29 is 18.7 Å². The average Bonchev–Trinajstić information content (AvgIpc) is 3.14. The van der Waals surface area contributed by atoms with E-state index in [1.165, 1.54) is 6.42 Å². The van der Waals surface area contributed by atoms with Crippen molar-refractivity contribution in [2.75, 3.05) is 20.5 Å². The van der Waals surface area contributed by atoms with Gasteiger partial charge in [0.05, 0.1) is 5.41 Å². The number of methoxy groups -OCH3 is 1. The number of benzene rings is 1. The van der Waals surface area contributed by atoms with Crippen LogP contribution >= 0.6 is 0 Å². The lowest BCUT2D eigenvalue weighted by atomic mass is 9.66. The molecule has 0 radical (unpaired) electrons. The zero-order valence-corrected chi connectivity index (χ0v) is 12.5. The average molecular weight is 302 g/mol. The van der Waals surface area contributed by atoms with E-state index in [0.717, 1.165) is 42.2 Å². The van der Waals surface area contributed by atoms with Crippen LogP contribution in [0.1, 0.15) is 31.6 Å². The van der Waals surface area contributed by atoms with Crippen LogP contribution < -0.4 is 9.47 Å². The molecule has 2 aromatic rings. The molecular weight excluding hydrogens is 284 g/mol. The molecule has 1 aromatic carbocycles. The lowest BCUT2D eigenvalue weighted by Crippen LogP contribution is -2.35. The Bertz CT molecular complexity index is 679. The molecule has 0 spiro atoms. The molecule has 2 aliphatic rings. The number of nitrogens with zero attached hydrogens (tertiary/aromatic N) is 2. The maximum absolute atomic E-state index is 5.55. The third kappa shape index (κ3) is 2.14. The molecule has 1 aromatic heterocycles. The highest BCUT2D eigenvalue weighted by Crippen LogP contribution is 2.46. The van der Waals surface area contributed by atoms with Gasteiger partial charge in [-0.25, -0.2) is 0 Å². The van der Waals surface area contributed by atoms with E-state index in [9.17, 15) is 0 Å². The number of hydrogen-bond donors (Lipinski definition) is 0. The predicted octanol–water partition coefficient (Wildman–Crippen LogP) is 2.92. The van der Waals surface area contributed by atoms with Crippen molar-refractivity contribution in [2.45, 2.75) is 31.1 Å². The summed E-state index contributed by atoms with van der Waals surface area (Å²) in [7, 11) is 1.72. The monoisotopic (exact) mass is 302 g/mol. The number of aromatic nitrogens is 2. The number of fused-ring (bicyclic) bond motifs is 1. The summed E-state index contributed by atoms with van der Waals surface area (Å²) in [5.74, 6) is 2.80. The summed E-state index contributed by atoms with van der Waals surface area (Å²) in [5, 5.41) is 4.14. The smallest absolute Gasteiger partial charge is 0.233 e. The van der Waals surface area contributed by atoms with Crippen molar-refractivity contribution >= 4 is 0 Å². The molecule has 116 valence electrons. The zero-order chi connectivity index (χ0) is 15.0. The fourth-order valence-corrected chi connectivity index (χ4v) is 3.06. The maximum atomic E-state index is 5.55. The molecule has 1 saturated carbocycles. The van der Waals surface area contributed by atoms with E-state index in [1.807, 2.05) is 18.2 Å². The first-order valence-electron chi connectivity index (χ1n) is 7.54. The van der Waals surface area contributed by atoms with E-state index in [-0.39, 0.29) is 12.2 Å². The number of hydrogen-bond acceptors (Lipinski definition) is 6. The first-order valence-corrected chi connectivity index (χ1v) is 7.54. The third-order valence-electron chi connectivity index (χ3n) is 4.61. The lowest BCUT2D eigenvalue weighted by molar-refractivity contribution is 0.104. The predicted molar refractivity (Wildman–Crippen MR) is 77.9 cm³/mol. The molecule has 1 aliphatic heterocycles. The highest BCUT2D eigenvalue weighted by molar-refractivity contribution is 5.61. The van der Waals surface area contributed by atoms with Crippen LogP contribution in [0.15, 0.2) is 22.7 Å². The molecule has 0 unspecified atom stereocenters. The molecule has 6 nitrogen and oxygen atoms in total. The maximum Gasteiger partial charge on any atom is 0.233 e. The number of ether oxygens (including phenoxy) is 3. The second-order valence-corrected chi connectivity index (χ2v) is 5.87. The normalized spacial score (nSPS) is 18.2. The van der Waals surface area contributed by atoms with Crippen LogP contribution in [0.5, 0.6) is 11.5 Å². The minimum absolute atomic E-state index is 0.00238. The van der Waals surface area contributed by atoms with Crippen LogP contribution in [0.25, 0.3) is 11.4 Å². The van der Waals surface area contributed by atoms with E-state index in [0.29, 0.717) is 12.4 Å². The van der Waals surface area contributed by atoms with Gasteiger partial charge in [-0.15, -0.1) is 0 Å². The van der Waals surface area contributed by atoms with E-state index in [4.69, 9.17) is 18.7 Å². The molecule has 1 aliphatic carbocycles. The third-order valence-corrected chi connectivity index (χ3v) is 4.61. The Morgan fingerprint density at radius 1 is 1.23 bits per heavy atom. The minimum atomic E-state index is -0.00238. The van der Waals surface area contributed by atoms with Gasteiger partial charge in [-0.2, -0.15) is 4.98 Å². The van der Waals surface area contributed by atoms with Crippen molar-refractivity contribution in [1.29, 1.82) is 0 Å². The van der Waals surface area contributed by atoms with E-state index in [2.05, 4.69) is 10.1 Å². The topological polar surface area (TPSA) is 66.6 Å². The number of rotatable bonds is 5. The fourth-order valence-electron chi connectivity index (χ4n) is 3.06. The quantitative estimate of drug-likeness (QED) is 0.846. The van der Waals surface area contributed by atoms with Gasteiger partial charge in [-0.3, -0.25) is 0 Å². The molecule has 22 heavy (non-hydrogen) atoms.